The maximum absolute atomic E-state index is 11.8. The Hall–Kier alpha value is -2.96. The second-order valence-electron chi connectivity index (χ2n) is 6.52. The fourth-order valence-electron chi connectivity index (χ4n) is 2.08. The first-order chi connectivity index (χ1) is 11.7. The van der Waals surface area contributed by atoms with Crippen molar-refractivity contribution in [2.45, 2.75) is 38.8 Å². The lowest BCUT2D eigenvalue weighted by Crippen LogP contribution is -2.44. The predicted molar refractivity (Wildman–Crippen MR) is 92.0 cm³/mol. The zero-order valence-corrected chi connectivity index (χ0v) is 14.4. The van der Waals surface area contributed by atoms with E-state index in [2.05, 4.69) is 15.3 Å². The van der Waals surface area contributed by atoms with Gasteiger partial charge in [-0.2, -0.15) is 0 Å². The first-order valence-electron chi connectivity index (χ1n) is 7.83. The summed E-state index contributed by atoms with van der Waals surface area (Å²) in [7, 11) is 0. The van der Waals surface area contributed by atoms with E-state index in [1.165, 1.54) is 0 Å². The molecule has 1 heterocycles. The van der Waals surface area contributed by atoms with Crippen LogP contribution >= 0.6 is 0 Å². The van der Waals surface area contributed by atoms with Crippen molar-refractivity contribution in [2.24, 2.45) is 0 Å². The number of rotatable bonds is 5. The number of aromatic nitrogens is 2. The molecular formula is C18H21N3O4. The number of aliphatic carboxylic acids is 1. The van der Waals surface area contributed by atoms with Gasteiger partial charge in [0.2, 0.25) is 0 Å². The molecule has 7 heteroatoms. The van der Waals surface area contributed by atoms with Crippen molar-refractivity contribution in [2.75, 3.05) is 0 Å². The van der Waals surface area contributed by atoms with Gasteiger partial charge in [0, 0.05) is 24.4 Å². The minimum Gasteiger partial charge on any atom is -0.480 e. The van der Waals surface area contributed by atoms with E-state index in [4.69, 9.17) is 4.74 Å². The third-order valence-electron chi connectivity index (χ3n) is 3.17. The Balaban J connectivity index is 2.04. The largest absolute Gasteiger partial charge is 0.480 e. The van der Waals surface area contributed by atoms with Gasteiger partial charge in [0.25, 0.3) is 0 Å². The van der Waals surface area contributed by atoms with Crippen LogP contribution < -0.4 is 5.32 Å². The van der Waals surface area contributed by atoms with E-state index in [1.807, 2.05) is 30.3 Å². The second-order valence-corrected chi connectivity index (χ2v) is 6.52. The van der Waals surface area contributed by atoms with E-state index in [0.29, 0.717) is 11.4 Å². The number of ether oxygens (including phenoxy) is 1. The quantitative estimate of drug-likeness (QED) is 0.865. The molecule has 2 aromatic rings. The van der Waals surface area contributed by atoms with Crippen molar-refractivity contribution in [1.29, 1.82) is 0 Å². The molecule has 0 unspecified atom stereocenters. The van der Waals surface area contributed by atoms with Crippen LogP contribution in [0.4, 0.5) is 4.79 Å². The molecule has 0 saturated heterocycles. The predicted octanol–water partition coefficient (Wildman–Crippen LogP) is 2.66. The van der Waals surface area contributed by atoms with E-state index < -0.39 is 23.7 Å². The Morgan fingerprint density at radius 3 is 2.28 bits per heavy atom. The molecule has 0 radical (unpaired) electrons. The van der Waals surface area contributed by atoms with E-state index in [-0.39, 0.29) is 6.42 Å². The van der Waals surface area contributed by atoms with Crippen molar-refractivity contribution >= 4 is 12.1 Å². The van der Waals surface area contributed by atoms with Crippen LogP contribution in [0.3, 0.4) is 0 Å². The summed E-state index contributed by atoms with van der Waals surface area (Å²) in [6.07, 6.45) is 2.40. The summed E-state index contributed by atoms with van der Waals surface area (Å²) in [6.45, 7) is 5.12. The number of carboxylic acid groups (broad SMARTS) is 1. The van der Waals surface area contributed by atoms with Crippen LogP contribution in [0.15, 0.2) is 42.7 Å². The number of nitrogens with one attached hydrogen (secondary N) is 1. The lowest BCUT2D eigenvalue weighted by atomic mass is 10.1. The first-order valence-corrected chi connectivity index (χ1v) is 7.83. The van der Waals surface area contributed by atoms with Crippen LogP contribution in [0.1, 0.15) is 26.3 Å². The molecule has 2 N–H and O–H groups in total. The Labute approximate surface area is 146 Å². The number of nitrogens with zero attached hydrogens (tertiary/aromatic N) is 2. The van der Waals surface area contributed by atoms with Gasteiger partial charge in [-0.05, 0) is 26.3 Å². The molecule has 0 spiro atoms. The second kappa shape index (κ2) is 7.74. The van der Waals surface area contributed by atoms with Crippen LogP contribution in [-0.2, 0) is 16.0 Å². The van der Waals surface area contributed by atoms with Crippen molar-refractivity contribution in [3.8, 4) is 11.4 Å². The van der Waals surface area contributed by atoms with Crippen molar-refractivity contribution in [1.82, 2.24) is 15.3 Å². The van der Waals surface area contributed by atoms with Crippen molar-refractivity contribution < 1.29 is 19.4 Å². The first kappa shape index (κ1) is 18.4. The summed E-state index contributed by atoms with van der Waals surface area (Å²) < 4.78 is 5.09. The lowest BCUT2D eigenvalue weighted by Gasteiger charge is -2.22. The minimum atomic E-state index is -1.15. The molecule has 7 nitrogen and oxygen atoms in total. The zero-order chi connectivity index (χ0) is 18.4. The van der Waals surface area contributed by atoms with Gasteiger partial charge in [-0.25, -0.2) is 19.6 Å². The molecule has 1 aromatic carbocycles. The molecule has 0 aliphatic rings. The highest BCUT2D eigenvalue weighted by Gasteiger charge is 2.24. The normalized spacial score (nSPS) is 12.3. The average molecular weight is 343 g/mol. The van der Waals surface area contributed by atoms with Crippen LogP contribution in [0.25, 0.3) is 11.4 Å². The van der Waals surface area contributed by atoms with Crippen molar-refractivity contribution in [3.05, 3.63) is 48.3 Å². The number of carbonyl (C=O) groups excluding carboxylic acids is 1. The number of hydrogen-bond donors (Lipinski definition) is 2. The van der Waals surface area contributed by atoms with Crippen LogP contribution in [-0.4, -0.2) is 38.8 Å². The number of carboxylic acids is 1. The summed E-state index contributed by atoms with van der Waals surface area (Å²) in [5, 5.41) is 11.7. The highest BCUT2D eigenvalue weighted by molar-refractivity contribution is 5.80. The standard InChI is InChI=1S/C18H21N3O4/c1-18(2,3)25-17(24)21-14(16(22)23)9-12-10-19-15(20-11-12)13-7-5-4-6-8-13/h4-8,10-11,14H,9H2,1-3H3,(H,21,24)(H,22,23)/t14-/m0/s1. The van der Waals surface area contributed by atoms with E-state index in [1.54, 1.807) is 33.2 Å². The van der Waals surface area contributed by atoms with Gasteiger partial charge in [0.05, 0.1) is 0 Å². The van der Waals surface area contributed by atoms with Crippen molar-refractivity contribution in [3.63, 3.8) is 0 Å². The fourth-order valence-corrected chi connectivity index (χ4v) is 2.08. The van der Waals surface area contributed by atoms with Gasteiger partial charge in [-0.15, -0.1) is 0 Å². The Morgan fingerprint density at radius 1 is 1.16 bits per heavy atom. The molecular weight excluding hydrogens is 322 g/mol. The number of alkyl carbamates (subject to hydrolysis) is 1. The molecule has 2 rings (SSSR count). The highest BCUT2D eigenvalue weighted by Crippen LogP contribution is 2.14. The third kappa shape index (κ3) is 5.87. The molecule has 1 atom stereocenters. The van der Waals surface area contributed by atoms with E-state index in [0.717, 1.165) is 5.56 Å². The molecule has 1 aromatic heterocycles. The monoisotopic (exact) mass is 343 g/mol. The maximum Gasteiger partial charge on any atom is 0.408 e. The summed E-state index contributed by atoms with van der Waals surface area (Å²) in [6, 6.07) is 8.33. The van der Waals surface area contributed by atoms with Crippen LogP contribution in [0.5, 0.6) is 0 Å². The summed E-state index contributed by atoms with van der Waals surface area (Å²) in [5.74, 6) is -0.602. The number of hydrogen-bond acceptors (Lipinski definition) is 5. The molecule has 0 aliphatic heterocycles. The van der Waals surface area contributed by atoms with E-state index >= 15 is 0 Å². The van der Waals surface area contributed by atoms with E-state index in [9.17, 15) is 14.7 Å². The van der Waals surface area contributed by atoms with Crippen LogP contribution in [0, 0.1) is 0 Å². The Kier molecular flexibility index (Phi) is 5.69. The Bertz CT molecular complexity index is 724. The SMILES string of the molecule is CC(C)(C)OC(=O)N[C@@H](Cc1cnc(-c2ccccc2)nc1)C(=O)O. The van der Waals surface area contributed by atoms with Crippen LogP contribution in [0.2, 0.25) is 0 Å². The smallest absolute Gasteiger partial charge is 0.408 e. The summed E-state index contributed by atoms with van der Waals surface area (Å²) >= 11 is 0. The summed E-state index contributed by atoms with van der Waals surface area (Å²) in [5.41, 5.74) is 0.770. The maximum atomic E-state index is 11.8. The molecule has 132 valence electrons. The Morgan fingerprint density at radius 2 is 1.76 bits per heavy atom. The number of carbonyl (C=O) groups is 2. The number of benzene rings is 1. The molecule has 0 saturated carbocycles. The topological polar surface area (TPSA) is 101 Å². The van der Waals surface area contributed by atoms with Gasteiger partial charge in [-0.1, -0.05) is 30.3 Å². The highest BCUT2D eigenvalue weighted by atomic mass is 16.6. The molecule has 0 fully saturated rings. The molecule has 0 aliphatic carbocycles. The zero-order valence-electron chi connectivity index (χ0n) is 14.4. The van der Waals surface area contributed by atoms with Gasteiger partial charge in [-0.3, -0.25) is 0 Å². The molecule has 0 bridgehead atoms. The van der Waals surface area contributed by atoms with Gasteiger partial charge >= 0.3 is 12.1 Å². The molecule has 25 heavy (non-hydrogen) atoms. The molecule has 1 amide bonds. The lowest BCUT2D eigenvalue weighted by molar-refractivity contribution is -0.139. The third-order valence-corrected chi connectivity index (χ3v) is 3.17. The van der Waals surface area contributed by atoms with Gasteiger partial charge in [0.1, 0.15) is 11.6 Å². The number of amides is 1. The van der Waals surface area contributed by atoms with Gasteiger partial charge < -0.3 is 15.2 Å². The van der Waals surface area contributed by atoms with Gasteiger partial charge in [0.15, 0.2) is 5.82 Å². The minimum absolute atomic E-state index is 0.0592. The fraction of sp³-hybridized carbons (Fsp3) is 0.333. The summed E-state index contributed by atoms with van der Waals surface area (Å²) in [4.78, 5) is 31.7. The average Bonchev–Trinajstić information content (AvgIpc) is 2.54.